The molecular weight excluding hydrogens is 148 g/mol. The third-order valence-electron chi connectivity index (χ3n) is 1.51. The van der Waals surface area contributed by atoms with Gasteiger partial charge in [0.25, 0.3) is 0 Å². The minimum absolute atomic E-state index is 0.532. The van der Waals surface area contributed by atoms with Crippen LogP contribution < -0.4 is 0 Å². The summed E-state index contributed by atoms with van der Waals surface area (Å²) in [6.07, 6.45) is 0. The van der Waals surface area contributed by atoms with Crippen LogP contribution in [0.15, 0.2) is 0 Å². The second-order valence-corrected chi connectivity index (χ2v) is 2.01. The van der Waals surface area contributed by atoms with Crippen molar-refractivity contribution < 1.29 is 17.6 Å². The molecule has 0 nitrogen and oxygen atoms in total. The van der Waals surface area contributed by atoms with Crippen LogP contribution in [-0.2, 0) is 0 Å². The lowest BCUT2D eigenvalue weighted by Crippen LogP contribution is -2.11. The Bertz CT molecular complexity index is 333. The third kappa shape index (κ3) is 0.337. The van der Waals surface area contributed by atoms with Gasteiger partial charge in [-0.1, -0.05) is 0 Å². The van der Waals surface area contributed by atoms with Crippen molar-refractivity contribution in [2.24, 2.45) is 0 Å². The summed E-state index contributed by atoms with van der Waals surface area (Å²) in [6, 6.07) is 0. The maximum Gasteiger partial charge on any atom is 0.170 e. The Morgan fingerprint density at radius 1 is 0.500 bits per heavy atom. The summed E-state index contributed by atoms with van der Waals surface area (Å²) in [5.74, 6) is -5.08. The predicted octanol–water partition coefficient (Wildman–Crippen LogP) is 1.84. The molecule has 52 valence electrons. The molecule has 4 heteroatoms. The number of rotatable bonds is 0. The summed E-state index contributed by atoms with van der Waals surface area (Å²) < 4.78 is 48.1. The fourth-order valence-corrected chi connectivity index (χ4v) is 0.946. The molecule has 0 spiro atoms. The van der Waals surface area contributed by atoms with E-state index in [0.29, 0.717) is 0 Å². The lowest BCUT2D eigenvalue weighted by Gasteiger charge is -2.09. The molecule has 0 N–H and O–H groups in total. The van der Waals surface area contributed by atoms with E-state index in [1.165, 1.54) is 0 Å². The van der Waals surface area contributed by atoms with Crippen molar-refractivity contribution in [1.82, 2.24) is 0 Å². The number of hydrogen-bond donors (Lipinski definition) is 0. The normalized spacial score (nSPS) is 12.0. The fourth-order valence-electron chi connectivity index (χ4n) is 0.946. The zero-order valence-electron chi connectivity index (χ0n) is 4.51. The van der Waals surface area contributed by atoms with Gasteiger partial charge in [-0.25, -0.2) is 17.6 Å². The van der Waals surface area contributed by atoms with Gasteiger partial charge in [0.05, 0.1) is 10.4 Å². The molecule has 0 bridgehead atoms. The van der Waals surface area contributed by atoms with Gasteiger partial charge in [-0.2, -0.15) is 0 Å². The summed E-state index contributed by atoms with van der Waals surface area (Å²) in [5, 5.41) is -1.06. The van der Waals surface area contributed by atoms with Gasteiger partial charge in [0.2, 0.25) is 0 Å². The van der Waals surface area contributed by atoms with Crippen LogP contribution >= 0.6 is 0 Å². The lowest BCUT2D eigenvalue weighted by atomic mass is 10.0. The summed E-state index contributed by atoms with van der Waals surface area (Å²) in [7, 11) is 0. The molecule has 0 fully saturated rings. The minimum Gasteiger partial charge on any atom is -0.203 e. The topological polar surface area (TPSA) is 0 Å². The molecule has 0 heterocycles. The van der Waals surface area contributed by atoms with E-state index in [1.807, 2.05) is 0 Å². The Hall–Kier alpha value is -1.06. The third-order valence-corrected chi connectivity index (χ3v) is 1.51. The Kier molecular flexibility index (Phi) is 0.760. The molecule has 0 aliphatic heterocycles. The predicted molar refractivity (Wildman–Crippen MR) is 23.9 cm³/mol. The standard InChI is InChI=1S/C6F4/c7-3-1-2(5(3)9)6(10)4(1)8. The van der Waals surface area contributed by atoms with E-state index in [2.05, 4.69) is 0 Å². The van der Waals surface area contributed by atoms with E-state index in [1.54, 1.807) is 0 Å². The van der Waals surface area contributed by atoms with Gasteiger partial charge in [-0.3, -0.25) is 0 Å². The van der Waals surface area contributed by atoms with Crippen LogP contribution in [0.1, 0.15) is 0 Å². The van der Waals surface area contributed by atoms with Gasteiger partial charge in [0, 0.05) is 0 Å². The molecule has 2 rings (SSSR count). The van der Waals surface area contributed by atoms with Crippen molar-refractivity contribution in [1.29, 1.82) is 0 Å². The highest BCUT2D eigenvalue weighted by Crippen LogP contribution is 2.27. The van der Waals surface area contributed by atoms with Crippen molar-refractivity contribution in [2.75, 3.05) is 0 Å². The molecule has 0 radical (unpaired) electrons. The monoisotopic (exact) mass is 148 g/mol. The van der Waals surface area contributed by atoms with E-state index < -0.39 is 33.7 Å². The molecule has 2 aliphatic rings. The van der Waals surface area contributed by atoms with Crippen LogP contribution in [0.2, 0.25) is 0 Å². The lowest BCUT2D eigenvalue weighted by molar-refractivity contribution is 0.402. The van der Waals surface area contributed by atoms with Gasteiger partial charge < -0.3 is 0 Å². The molecule has 0 aromatic carbocycles. The van der Waals surface area contributed by atoms with Crippen LogP contribution in [0, 0.1) is 33.7 Å². The zero-order valence-corrected chi connectivity index (χ0v) is 4.51. The smallest absolute Gasteiger partial charge is 0.170 e. The van der Waals surface area contributed by atoms with E-state index in [9.17, 15) is 17.6 Å². The van der Waals surface area contributed by atoms with Crippen LogP contribution in [-0.4, -0.2) is 0 Å². The fraction of sp³-hybridized carbons (Fsp3) is 0. The minimum atomic E-state index is -1.27. The Labute approximate surface area is 52.4 Å². The van der Waals surface area contributed by atoms with Crippen molar-refractivity contribution >= 4 is 0 Å². The molecule has 10 heavy (non-hydrogen) atoms. The first kappa shape index (κ1) is 5.70. The van der Waals surface area contributed by atoms with Crippen molar-refractivity contribution in [3.63, 3.8) is 0 Å². The second kappa shape index (κ2) is 1.33. The molecule has 0 unspecified atom stereocenters. The highest BCUT2D eigenvalue weighted by atomic mass is 19.2. The van der Waals surface area contributed by atoms with Crippen molar-refractivity contribution in [3.05, 3.63) is 33.7 Å². The highest BCUT2D eigenvalue weighted by Gasteiger charge is 2.28. The first-order valence-corrected chi connectivity index (χ1v) is 2.51. The van der Waals surface area contributed by atoms with Gasteiger partial charge >= 0.3 is 0 Å². The molecule has 0 amide bonds. The summed E-state index contributed by atoms with van der Waals surface area (Å²) >= 11 is 0. The van der Waals surface area contributed by atoms with Gasteiger partial charge in [-0.05, 0) is 0 Å². The molecule has 0 aromatic rings. The second-order valence-electron chi connectivity index (χ2n) is 2.01. The largest absolute Gasteiger partial charge is 0.203 e. The van der Waals surface area contributed by atoms with E-state index in [-0.39, 0.29) is 0 Å². The van der Waals surface area contributed by atoms with Gasteiger partial charge in [-0.15, -0.1) is 0 Å². The number of halogens is 4. The first-order valence-electron chi connectivity index (χ1n) is 2.51. The van der Waals surface area contributed by atoms with Crippen LogP contribution in [0.5, 0.6) is 0 Å². The zero-order chi connectivity index (χ0) is 7.46. The average molecular weight is 148 g/mol. The molecule has 0 saturated carbocycles. The Morgan fingerprint density at radius 2 is 0.700 bits per heavy atom. The molecule has 2 aliphatic carbocycles. The van der Waals surface area contributed by atoms with Crippen molar-refractivity contribution in [3.8, 4) is 0 Å². The maximum atomic E-state index is 12.0. The first-order chi connectivity index (χ1) is 4.64. The molecule has 0 atom stereocenters. The van der Waals surface area contributed by atoms with Gasteiger partial charge in [0.15, 0.2) is 23.3 Å². The SMILES string of the molecule is Fc1c(F)c2c(F)c(F)c1=2. The number of hydrogen-bond acceptors (Lipinski definition) is 0. The molecule has 0 aromatic heterocycles. The van der Waals surface area contributed by atoms with E-state index >= 15 is 0 Å². The molecular formula is C6F4. The van der Waals surface area contributed by atoms with Crippen molar-refractivity contribution in [2.45, 2.75) is 0 Å². The summed E-state index contributed by atoms with van der Waals surface area (Å²) in [6.45, 7) is 0. The Morgan fingerprint density at radius 3 is 0.900 bits per heavy atom. The quantitative estimate of drug-likeness (QED) is 0.395. The van der Waals surface area contributed by atoms with Crippen LogP contribution in [0.4, 0.5) is 17.6 Å². The molecule has 0 saturated heterocycles. The summed E-state index contributed by atoms with van der Waals surface area (Å²) in [4.78, 5) is 0. The van der Waals surface area contributed by atoms with E-state index in [4.69, 9.17) is 0 Å². The highest BCUT2D eigenvalue weighted by molar-refractivity contribution is 5.30. The Balaban J connectivity index is 2.87. The van der Waals surface area contributed by atoms with Crippen LogP contribution in [0.3, 0.4) is 0 Å². The number of benzene rings is 1. The van der Waals surface area contributed by atoms with E-state index in [0.717, 1.165) is 0 Å². The van der Waals surface area contributed by atoms with Crippen LogP contribution in [0.25, 0.3) is 0 Å². The maximum absolute atomic E-state index is 12.0. The van der Waals surface area contributed by atoms with Gasteiger partial charge in [0.1, 0.15) is 0 Å². The summed E-state index contributed by atoms with van der Waals surface area (Å²) in [5.41, 5.74) is 0. The average Bonchev–Trinajstić information content (AvgIpc) is 1.95.